The van der Waals surface area contributed by atoms with E-state index in [1.165, 1.54) is 29.3 Å². The van der Waals surface area contributed by atoms with Crippen molar-refractivity contribution in [3.63, 3.8) is 0 Å². The van der Waals surface area contributed by atoms with Crippen molar-refractivity contribution in [1.82, 2.24) is 9.88 Å². The van der Waals surface area contributed by atoms with Gasteiger partial charge < -0.3 is 19.9 Å². The molecule has 1 N–H and O–H groups in total. The topological polar surface area (TPSA) is 66.9 Å². The first-order chi connectivity index (χ1) is 14.6. The lowest BCUT2D eigenvalue weighted by molar-refractivity contribution is -0.461. The molecule has 0 aliphatic carbocycles. The van der Waals surface area contributed by atoms with Gasteiger partial charge in [0.15, 0.2) is 11.6 Å². The minimum Gasteiger partial charge on any atom is -0.409 e. The minimum absolute atomic E-state index is 0.0498. The summed E-state index contributed by atoms with van der Waals surface area (Å²) >= 11 is 0. The number of carbonyl (C=O) groups is 1. The summed E-state index contributed by atoms with van der Waals surface area (Å²) in [5.41, 5.74) is -0.981. The number of nitrogens with one attached hydrogen (secondary N) is 1. The Hall–Kier alpha value is -3.15. The second-order valence-corrected chi connectivity index (χ2v) is 7.12. The Kier molecular flexibility index (Phi) is 5.12. The Labute approximate surface area is 173 Å². The Morgan fingerprint density at radius 3 is 2.71 bits per heavy atom. The average Bonchev–Trinajstić information content (AvgIpc) is 2.67. The highest BCUT2D eigenvalue weighted by Crippen LogP contribution is 2.46. The van der Waals surface area contributed by atoms with Crippen molar-refractivity contribution in [2.45, 2.75) is 25.4 Å². The van der Waals surface area contributed by atoms with Crippen molar-refractivity contribution in [3.05, 3.63) is 47.9 Å². The Balaban J connectivity index is 1.45. The van der Waals surface area contributed by atoms with Crippen molar-refractivity contribution < 1.29 is 36.2 Å². The molecule has 1 aromatic carbocycles. The molecule has 0 radical (unpaired) electrons. The van der Waals surface area contributed by atoms with Crippen molar-refractivity contribution in [3.8, 4) is 5.75 Å². The Bertz CT molecular complexity index is 1010. The lowest BCUT2D eigenvalue weighted by atomic mass is 10.1. The number of fused-ring (bicyclic) bond motifs is 1. The van der Waals surface area contributed by atoms with Gasteiger partial charge in [-0.15, -0.1) is 8.78 Å². The third kappa shape index (κ3) is 4.20. The van der Waals surface area contributed by atoms with Gasteiger partial charge in [-0.25, -0.2) is 18.9 Å². The molecule has 1 aromatic heterocycles. The van der Waals surface area contributed by atoms with Crippen LogP contribution in [0.4, 0.5) is 38.3 Å². The fourth-order valence-electron chi connectivity index (χ4n) is 3.53. The number of hydrogen-bond acceptors (Lipinski definition) is 5. The van der Waals surface area contributed by atoms with E-state index in [0.717, 1.165) is 12.1 Å². The minimum atomic E-state index is -4.47. The van der Waals surface area contributed by atoms with Gasteiger partial charge >= 0.3 is 18.4 Å². The lowest BCUT2D eigenvalue weighted by Gasteiger charge is -2.40. The monoisotopic (exact) mass is 444 g/mol. The highest BCUT2D eigenvalue weighted by molar-refractivity contribution is 5.90. The number of pyridine rings is 1. The largest absolute Gasteiger partial charge is 0.540 e. The number of amides is 2. The molecule has 166 valence electrons. The lowest BCUT2D eigenvalue weighted by Crippen LogP contribution is -2.55. The van der Waals surface area contributed by atoms with E-state index in [4.69, 9.17) is 0 Å². The maximum Gasteiger partial charge on any atom is 0.540 e. The van der Waals surface area contributed by atoms with Crippen LogP contribution in [0.25, 0.3) is 0 Å². The number of nitrogens with zero attached hydrogens (tertiary/aromatic N) is 3. The van der Waals surface area contributed by atoms with E-state index < -0.39 is 35.6 Å². The predicted octanol–water partition coefficient (Wildman–Crippen LogP) is 3.97. The highest BCUT2D eigenvalue weighted by atomic mass is 19.3. The zero-order chi connectivity index (χ0) is 22.4. The summed E-state index contributed by atoms with van der Waals surface area (Å²) in [5.74, 6) is -1.04. The van der Waals surface area contributed by atoms with E-state index >= 15 is 0 Å². The summed E-state index contributed by atoms with van der Waals surface area (Å²) in [4.78, 5) is 19.8. The normalized spacial score (nSPS) is 21.8. The van der Waals surface area contributed by atoms with Gasteiger partial charge in [-0.3, -0.25) is 0 Å². The molecule has 2 amide bonds. The molecule has 12 heteroatoms. The maximum absolute atomic E-state index is 14.0. The molecule has 0 unspecified atom stereocenters. The van der Waals surface area contributed by atoms with E-state index in [2.05, 4.69) is 19.8 Å². The number of alkyl halides is 4. The third-order valence-corrected chi connectivity index (χ3v) is 4.95. The number of halogens is 5. The van der Waals surface area contributed by atoms with Gasteiger partial charge in [0.2, 0.25) is 0 Å². The number of carbonyl (C=O) groups excluding carboxylic acids is 1. The maximum atomic E-state index is 14.0. The Morgan fingerprint density at radius 1 is 1.23 bits per heavy atom. The number of aromatic nitrogens is 1. The molecule has 3 heterocycles. The molecule has 4 rings (SSSR count). The molecule has 31 heavy (non-hydrogen) atoms. The summed E-state index contributed by atoms with van der Waals surface area (Å²) in [5, 5.41) is 2.46. The zero-order valence-corrected chi connectivity index (χ0v) is 16.1. The standard InChI is InChI=1S/C19H17F5N4O3/c1-11-10-27(16-14(20)3-2-6-25-16)7-8-28(11)17(29)26-12-4-5-15-13(9-12)18(21,22)31-19(23,24)30-15/h2-6,9,11H,7-8,10H2,1H3,(H,26,29)/t11-/m1/s1. The van der Waals surface area contributed by atoms with Crippen LogP contribution in [0.5, 0.6) is 5.75 Å². The summed E-state index contributed by atoms with van der Waals surface area (Å²) in [6.45, 7) is 2.59. The number of benzene rings is 1. The molecule has 0 saturated carbocycles. The number of urea groups is 1. The first kappa shape index (κ1) is 21.1. The van der Waals surface area contributed by atoms with Crippen LogP contribution in [0.15, 0.2) is 36.5 Å². The van der Waals surface area contributed by atoms with Gasteiger partial charge in [-0.05, 0) is 37.3 Å². The number of anilines is 2. The molecule has 2 aromatic rings. The van der Waals surface area contributed by atoms with E-state index in [1.807, 2.05) is 0 Å². The zero-order valence-electron chi connectivity index (χ0n) is 16.1. The van der Waals surface area contributed by atoms with Crippen LogP contribution in [0, 0.1) is 5.82 Å². The Morgan fingerprint density at radius 2 is 2.00 bits per heavy atom. The van der Waals surface area contributed by atoms with Crippen LogP contribution in [-0.4, -0.2) is 47.9 Å². The van der Waals surface area contributed by atoms with E-state index in [0.29, 0.717) is 13.1 Å². The van der Waals surface area contributed by atoms with Crippen LogP contribution < -0.4 is 15.0 Å². The van der Waals surface area contributed by atoms with Gasteiger partial charge in [0.05, 0.1) is 5.56 Å². The number of hydrogen-bond donors (Lipinski definition) is 1. The molecule has 2 aliphatic rings. The summed E-state index contributed by atoms with van der Waals surface area (Å²) in [6, 6.07) is 4.72. The van der Waals surface area contributed by atoms with Crippen LogP contribution in [0.3, 0.4) is 0 Å². The molecule has 1 fully saturated rings. The summed E-state index contributed by atoms with van der Waals surface area (Å²) < 4.78 is 75.5. The van der Waals surface area contributed by atoms with Crippen LogP contribution >= 0.6 is 0 Å². The molecular weight excluding hydrogens is 427 g/mol. The molecule has 0 spiro atoms. The van der Waals surface area contributed by atoms with Crippen molar-refractivity contribution in [2.75, 3.05) is 29.9 Å². The fraction of sp³-hybridized carbons (Fsp3) is 0.368. The second-order valence-electron chi connectivity index (χ2n) is 7.12. The first-order valence-electron chi connectivity index (χ1n) is 9.28. The highest BCUT2D eigenvalue weighted by Gasteiger charge is 2.54. The molecule has 1 saturated heterocycles. The second kappa shape index (κ2) is 7.52. The fourth-order valence-corrected chi connectivity index (χ4v) is 3.53. The van der Waals surface area contributed by atoms with Gasteiger partial charge in [0, 0.05) is 37.6 Å². The van der Waals surface area contributed by atoms with Crippen molar-refractivity contribution in [1.29, 1.82) is 0 Å². The quantitative estimate of drug-likeness (QED) is 0.711. The molecule has 7 nitrogen and oxygen atoms in total. The first-order valence-corrected chi connectivity index (χ1v) is 9.28. The number of ether oxygens (including phenoxy) is 2. The van der Waals surface area contributed by atoms with Crippen molar-refractivity contribution in [2.24, 2.45) is 0 Å². The van der Waals surface area contributed by atoms with Crippen LogP contribution in [0.2, 0.25) is 0 Å². The average molecular weight is 444 g/mol. The number of piperazine rings is 1. The van der Waals surface area contributed by atoms with E-state index in [-0.39, 0.29) is 24.1 Å². The summed E-state index contributed by atoms with van der Waals surface area (Å²) in [7, 11) is 0. The molecule has 2 aliphatic heterocycles. The molecular formula is C19H17F5N4O3. The predicted molar refractivity (Wildman–Crippen MR) is 98.6 cm³/mol. The number of rotatable bonds is 2. The van der Waals surface area contributed by atoms with Gasteiger partial charge in [-0.1, -0.05) is 0 Å². The summed E-state index contributed by atoms with van der Waals surface area (Å²) in [6.07, 6.45) is -7.30. The van der Waals surface area contributed by atoms with Gasteiger partial charge in [0.1, 0.15) is 5.75 Å². The third-order valence-electron chi connectivity index (χ3n) is 4.95. The molecule has 0 bridgehead atoms. The van der Waals surface area contributed by atoms with E-state index in [9.17, 15) is 26.7 Å². The molecule has 1 atom stereocenters. The van der Waals surface area contributed by atoms with Crippen LogP contribution in [-0.2, 0) is 10.8 Å². The van der Waals surface area contributed by atoms with Gasteiger partial charge in [0.25, 0.3) is 0 Å². The van der Waals surface area contributed by atoms with Crippen LogP contribution in [0.1, 0.15) is 12.5 Å². The van der Waals surface area contributed by atoms with E-state index in [1.54, 1.807) is 11.8 Å². The smallest absolute Gasteiger partial charge is 0.409 e. The SMILES string of the molecule is C[C@@H]1CN(c2ncccc2F)CCN1C(=O)Nc1ccc2c(c1)C(F)(F)OC(F)(F)O2. The van der Waals surface area contributed by atoms with Gasteiger partial charge in [-0.2, -0.15) is 8.78 Å². The van der Waals surface area contributed by atoms with Crippen molar-refractivity contribution >= 4 is 17.5 Å².